The fraction of sp³-hybridized carbons (Fsp3) is 0.375. The largest absolute Gasteiger partial charge is 0.300 e. The number of aryl methyl sites for hydroxylation is 1. The summed E-state index contributed by atoms with van der Waals surface area (Å²) in [4.78, 5) is 5.24. The van der Waals surface area contributed by atoms with Crippen LogP contribution in [-0.4, -0.2) is 35.2 Å². The van der Waals surface area contributed by atoms with Crippen molar-refractivity contribution in [3.63, 3.8) is 0 Å². The quantitative estimate of drug-likeness (QED) is 0.408. The van der Waals surface area contributed by atoms with E-state index in [1.54, 1.807) is 12.1 Å². The van der Waals surface area contributed by atoms with Crippen molar-refractivity contribution in [3.05, 3.63) is 65.4 Å². The summed E-state index contributed by atoms with van der Waals surface area (Å²) in [6, 6.07) is 14.6. The first-order valence-corrected chi connectivity index (χ1v) is 14.0. The van der Waals surface area contributed by atoms with E-state index in [-0.39, 0.29) is 0 Å². The predicted molar refractivity (Wildman–Crippen MR) is 130 cm³/mol. The molecule has 3 aromatic rings. The third kappa shape index (κ3) is 5.73. The van der Waals surface area contributed by atoms with Crippen LogP contribution in [0.3, 0.4) is 0 Å². The van der Waals surface area contributed by atoms with Crippen LogP contribution in [0.15, 0.2) is 59.6 Å². The molecule has 0 unspecified atom stereocenters. The summed E-state index contributed by atoms with van der Waals surface area (Å²) < 4.78 is 25.7. The van der Waals surface area contributed by atoms with Gasteiger partial charge in [0, 0.05) is 40.4 Å². The molecule has 0 saturated heterocycles. The maximum Gasteiger partial charge on any atom is 0.175 e. The van der Waals surface area contributed by atoms with Crippen molar-refractivity contribution < 1.29 is 8.42 Å². The molecule has 0 amide bonds. The topological polar surface area (TPSA) is 52.0 Å². The molecule has 0 bridgehead atoms. The molecule has 0 spiro atoms. The van der Waals surface area contributed by atoms with Gasteiger partial charge >= 0.3 is 0 Å². The van der Waals surface area contributed by atoms with Crippen molar-refractivity contribution in [2.75, 3.05) is 12.0 Å². The highest BCUT2D eigenvalue weighted by Crippen LogP contribution is 2.30. The number of benzene rings is 2. The lowest BCUT2D eigenvalue weighted by molar-refractivity contribution is 0.516. The highest BCUT2D eigenvalue weighted by atomic mass is 35.5. The summed E-state index contributed by atoms with van der Waals surface area (Å²) in [7, 11) is -3.23. The monoisotopic (exact) mass is 474 g/mol. The van der Waals surface area contributed by atoms with Crippen LogP contribution in [0.1, 0.15) is 37.8 Å². The van der Waals surface area contributed by atoms with Gasteiger partial charge in [-0.2, -0.15) is 11.8 Å². The van der Waals surface area contributed by atoms with Crippen LogP contribution in [-0.2, 0) is 16.3 Å². The molecule has 0 radical (unpaired) electrons. The summed E-state index contributed by atoms with van der Waals surface area (Å²) in [6.45, 7) is 0. The van der Waals surface area contributed by atoms with Crippen LogP contribution < -0.4 is 0 Å². The van der Waals surface area contributed by atoms with E-state index in [1.807, 2.05) is 41.0 Å². The van der Waals surface area contributed by atoms with Crippen molar-refractivity contribution >= 4 is 33.2 Å². The van der Waals surface area contributed by atoms with E-state index in [0.717, 1.165) is 40.2 Å². The summed E-state index contributed by atoms with van der Waals surface area (Å²) in [6.07, 6.45) is 11.0. The van der Waals surface area contributed by atoms with Crippen LogP contribution in [0.4, 0.5) is 0 Å². The normalized spacial score (nSPS) is 15.3. The Morgan fingerprint density at radius 1 is 1.03 bits per heavy atom. The van der Waals surface area contributed by atoms with Crippen LogP contribution in [0, 0.1) is 0 Å². The molecular formula is C24H27ClN2O2S2. The third-order valence-corrected chi connectivity index (χ3v) is 8.43. The predicted octanol–water partition coefficient (Wildman–Crippen LogP) is 6.20. The average molecular weight is 475 g/mol. The Morgan fingerprint density at radius 3 is 2.35 bits per heavy atom. The molecule has 1 aromatic heterocycles. The number of rotatable bonds is 7. The second kappa shape index (κ2) is 9.80. The lowest BCUT2D eigenvalue weighted by Gasteiger charge is -2.20. The van der Waals surface area contributed by atoms with Crippen molar-refractivity contribution in [1.82, 2.24) is 9.55 Å². The first kappa shape index (κ1) is 22.4. The second-order valence-corrected chi connectivity index (χ2v) is 11.9. The molecule has 164 valence electrons. The maximum absolute atomic E-state index is 11.8. The molecule has 7 heteroatoms. The Morgan fingerprint density at radius 2 is 1.71 bits per heavy atom. The molecule has 0 N–H and O–H groups in total. The SMILES string of the molecule is CS(=O)(=O)c1ccc(-n2cc(CCSC3CCCCC3)nc2-c2ccc(Cl)cc2)cc1. The zero-order valence-electron chi connectivity index (χ0n) is 17.6. The Labute approximate surface area is 194 Å². The molecule has 2 aromatic carbocycles. The van der Waals surface area contributed by atoms with Crippen LogP contribution >= 0.6 is 23.4 Å². The third-order valence-electron chi connectivity index (χ3n) is 5.67. The van der Waals surface area contributed by atoms with E-state index in [0.29, 0.717) is 9.92 Å². The lowest BCUT2D eigenvalue weighted by atomic mass is 10.0. The molecular weight excluding hydrogens is 448 g/mol. The Kier molecular flexibility index (Phi) is 7.09. The minimum absolute atomic E-state index is 0.313. The van der Waals surface area contributed by atoms with Crippen LogP contribution in [0.5, 0.6) is 0 Å². The van der Waals surface area contributed by atoms with Crippen molar-refractivity contribution in [2.45, 2.75) is 48.7 Å². The Bertz CT molecular complexity index is 1120. The van der Waals surface area contributed by atoms with Crippen LogP contribution in [0.25, 0.3) is 17.1 Å². The highest BCUT2D eigenvalue weighted by molar-refractivity contribution is 7.99. The van der Waals surface area contributed by atoms with Gasteiger partial charge in [0.1, 0.15) is 5.82 Å². The number of hydrogen-bond donors (Lipinski definition) is 0. The molecule has 1 aliphatic carbocycles. The second-order valence-electron chi connectivity index (χ2n) is 8.08. The number of halogens is 1. The van der Waals surface area contributed by atoms with E-state index < -0.39 is 9.84 Å². The number of thioether (sulfide) groups is 1. The number of nitrogens with zero attached hydrogens (tertiary/aromatic N) is 2. The number of aromatic nitrogens is 2. The van der Waals surface area contributed by atoms with E-state index >= 15 is 0 Å². The molecule has 1 fully saturated rings. The summed E-state index contributed by atoms with van der Waals surface area (Å²) >= 11 is 8.15. The van der Waals surface area contributed by atoms with Gasteiger partial charge in [0.25, 0.3) is 0 Å². The molecule has 1 saturated carbocycles. The maximum atomic E-state index is 11.8. The van der Waals surface area contributed by atoms with Gasteiger partial charge in [-0.05, 0) is 67.1 Å². The minimum atomic E-state index is -3.23. The molecule has 0 atom stereocenters. The molecule has 4 nitrogen and oxygen atoms in total. The van der Waals surface area contributed by atoms with Crippen molar-refractivity contribution in [2.24, 2.45) is 0 Å². The van der Waals surface area contributed by atoms with Gasteiger partial charge in [0.15, 0.2) is 9.84 Å². The van der Waals surface area contributed by atoms with Crippen LogP contribution in [0.2, 0.25) is 5.02 Å². The molecule has 1 heterocycles. The van der Waals surface area contributed by atoms with Gasteiger partial charge < -0.3 is 0 Å². The van der Waals surface area contributed by atoms with Gasteiger partial charge in [-0.25, -0.2) is 13.4 Å². The Hall–Kier alpha value is -1.76. The number of hydrogen-bond acceptors (Lipinski definition) is 4. The van der Waals surface area contributed by atoms with E-state index in [1.165, 1.54) is 38.4 Å². The first-order chi connectivity index (χ1) is 14.9. The van der Waals surface area contributed by atoms with E-state index in [4.69, 9.17) is 16.6 Å². The fourth-order valence-corrected chi connectivity index (χ4v) is 6.05. The average Bonchev–Trinajstić information content (AvgIpc) is 3.19. The number of sulfone groups is 1. The molecule has 31 heavy (non-hydrogen) atoms. The zero-order chi connectivity index (χ0) is 21.8. The number of imidazole rings is 1. The van der Waals surface area contributed by atoms with Gasteiger partial charge in [-0.1, -0.05) is 30.9 Å². The summed E-state index contributed by atoms with van der Waals surface area (Å²) in [5.41, 5.74) is 2.90. The fourth-order valence-electron chi connectivity index (χ4n) is 3.96. The Balaban J connectivity index is 1.60. The van der Waals surface area contributed by atoms with Crippen molar-refractivity contribution in [1.29, 1.82) is 0 Å². The lowest BCUT2D eigenvalue weighted by Crippen LogP contribution is -2.09. The molecule has 0 aliphatic heterocycles. The zero-order valence-corrected chi connectivity index (χ0v) is 20.0. The van der Waals surface area contributed by atoms with Gasteiger partial charge in [0.05, 0.1) is 10.6 Å². The highest BCUT2D eigenvalue weighted by Gasteiger charge is 2.16. The van der Waals surface area contributed by atoms with Gasteiger partial charge in [0.2, 0.25) is 0 Å². The minimum Gasteiger partial charge on any atom is -0.300 e. The smallest absolute Gasteiger partial charge is 0.175 e. The van der Waals surface area contributed by atoms with E-state index in [2.05, 4.69) is 18.0 Å². The molecule has 4 rings (SSSR count). The van der Waals surface area contributed by atoms with Gasteiger partial charge in [-0.3, -0.25) is 4.57 Å². The van der Waals surface area contributed by atoms with E-state index in [9.17, 15) is 8.42 Å². The van der Waals surface area contributed by atoms with Crippen molar-refractivity contribution in [3.8, 4) is 17.1 Å². The summed E-state index contributed by atoms with van der Waals surface area (Å²) in [5.74, 6) is 1.90. The first-order valence-electron chi connectivity index (χ1n) is 10.7. The standard InChI is InChI=1S/C24H27ClN2O2S2/c1-31(28,29)23-13-11-21(12-14-23)27-17-20(15-16-30-22-5-3-2-4-6-22)26-24(27)18-7-9-19(25)10-8-18/h7-14,17,22H,2-6,15-16H2,1H3. The van der Waals surface area contributed by atoms with Gasteiger partial charge in [-0.15, -0.1) is 0 Å². The molecule has 1 aliphatic rings. The summed E-state index contributed by atoms with van der Waals surface area (Å²) in [5, 5.41) is 1.47.